The van der Waals surface area contributed by atoms with Crippen molar-refractivity contribution in [3.63, 3.8) is 0 Å². The van der Waals surface area contributed by atoms with E-state index in [0.717, 1.165) is 6.07 Å². The minimum Gasteiger partial charge on any atom is -0.399 e. The minimum atomic E-state index is -0.810. The third-order valence-corrected chi connectivity index (χ3v) is 1.26. The van der Waals surface area contributed by atoms with Crippen molar-refractivity contribution in [1.29, 1.82) is 0 Å². The van der Waals surface area contributed by atoms with Crippen molar-refractivity contribution >= 4 is 11.6 Å². The average molecular weight is 340 g/mol. The Labute approximate surface area is 82.6 Å². The van der Waals surface area contributed by atoms with Crippen LogP contribution in [0.5, 0.6) is 0 Å². The third kappa shape index (κ3) is 2.29. The first kappa shape index (κ1) is 11.1. The number of amides is 1. The summed E-state index contributed by atoms with van der Waals surface area (Å²) in [5.74, 6) is -1.46. The molecule has 0 saturated carbocycles. The van der Waals surface area contributed by atoms with E-state index in [1.165, 1.54) is 12.1 Å². The maximum absolute atomic E-state index is 12.7. The summed E-state index contributed by atoms with van der Waals surface area (Å²) in [7, 11) is 0. The van der Waals surface area contributed by atoms with Gasteiger partial charge in [0.05, 0.1) is 5.56 Å². The molecule has 1 radical (unpaired) electrons. The van der Waals surface area contributed by atoms with Crippen molar-refractivity contribution < 1.29 is 29.6 Å². The fourth-order valence-electron chi connectivity index (χ4n) is 0.732. The fourth-order valence-corrected chi connectivity index (χ4v) is 0.732. The Balaban J connectivity index is 0.00000121. The van der Waals surface area contributed by atoms with Gasteiger partial charge in [0.1, 0.15) is 5.82 Å². The van der Waals surface area contributed by atoms with Gasteiger partial charge in [-0.2, -0.15) is 0 Å². The molecule has 1 rings (SSSR count). The maximum Gasteiger partial charge on any atom is 0.251 e. The molecule has 0 heterocycles. The van der Waals surface area contributed by atoms with E-state index in [-0.39, 0.29) is 26.0 Å². The SMILES string of the molecule is NC(=O)c1cc(N)ccc1F.[Re]. The van der Waals surface area contributed by atoms with E-state index in [1.807, 2.05) is 0 Å². The zero-order valence-corrected chi connectivity index (χ0v) is 8.77. The Bertz CT molecular complexity index is 303. The molecule has 0 unspecified atom stereocenters. The van der Waals surface area contributed by atoms with Crippen molar-refractivity contribution in [2.75, 3.05) is 5.73 Å². The molecular weight excluding hydrogens is 333 g/mol. The first-order valence-corrected chi connectivity index (χ1v) is 2.96. The topological polar surface area (TPSA) is 69.1 Å². The van der Waals surface area contributed by atoms with Gasteiger partial charge in [0.2, 0.25) is 0 Å². The molecule has 3 nitrogen and oxygen atoms in total. The van der Waals surface area contributed by atoms with Gasteiger partial charge in [0.15, 0.2) is 0 Å². The Morgan fingerprint density at radius 3 is 2.42 bits per heavy atom. The number of carbonyl (C=O) groups excluding carboxylic acids is 1. The van der Waals surface area contributed by atoms with Crippen LogP contribution in [0.15, 0.2) is 18.2 Å². The zero-order valence-electron chi connectivity index (χ0n) is 6.05. The average Bonchev–Trinajstić information content (AvgIpc) is 1.94. The van der Waals surface area contributed by atoms with Gasteiger partial charge in [-0.1, -0.05) is 0 Å². The number of carbonyl (C=O) groups is 1. The van der Waals surface area contributed by atoms with Crippen molar-refractivity contribution in [3.05, 3.63) is 29.6 Å². The zero-order chi connectivity index (χ0) is 8.43. The molecule has 0 spiro atoms. The van der Waals surface area contributed by atoms with Crippen molar-refractivity contribution in [3.8, 4) is 0 Å². The molecule has 0 bridgehead atoms. The number of primary amides is 1. The molecule has 1 amide bonds. The van der Waals surface area contributed by atoms with Crippen LogP contribution in [-0.4, -0.2) is 5.91 Å². The summed E-state index contributed by atoms with van der Waals surface area (Å²) < 4.78 is 12.7. The van der Waals surface area contributed by atoms with Gasteiger partial charge in [-0.05, 0) is 18.2 Å². The summed E-state index contributed by atoms with van der Waals surface area (Å²) in [5.41, 5.74) is 10.3. The maximum atomic E-state index is 12.7. The number of halogens is 1. The van der Waals surface area contributed by atoms with Gasteiger partial charge in [-0.15, -0.1) is 0 Å². The second-order valence-electron chi connectivity index (χ2n) is 2.10. The number of rotatable bonds is 1. The third-order valence-electron chi connectivity index (χ3n) is 1.26. The first-order valence-electron chi connectivity index (χ1n) is 2.96. The predicted octanol–water partition coefficient (Wildman–Crippen LogP) is 0.504. The molecule has 0 fully saturated rings. The molecule has 0 aliphatic rings. The minimum absolute atomic E-state index is 0. The molecule has 65 valence electrons. The fraction of sp³-hybridized carbons (Fsp3) is 0. The number of nitrogens with two attached hydrogens (primary N) is 2. The molecule has 5 heteroatoms. The van der Waals surface area contributed by atoms with Gasteiger partial charge < -0.3 is 11.5 Å². The molecule has 1 aromatic carbocycles. The van der Waals surface area contributed by atoms with Gasteiger partial charge >= 0.3 is 0 Å². The summed E-state index contributed by atoms with van der Waals surface area (Å²) in [6.07, 6.45) is 0. The van der Waals surface area contributed by atoms with Crippen LogP contribution < -0.4 is 11.5 Å². The molecule has 0 saturated heterocycles. The largest absolute Gasteiger partial charge is 0.399 e. The van der Waals surface area contributed by atoms with Gasteiger partial charge in [-0.3, -0.25) is 4.79 Å². The van der Waals surface area contributed by atoms with Crippen LogP contribution in [0.1, 0.15) is 10.4 Å². The van der Waals surface area contributed by atoms with E-state index in [9.17, 15) is 9.18 Å². The summed E-state index contributed by atoms with van der Waals surface area (Å²) >= 11 is 0. The Morgan fingerprint density at radius 2 is 2.00 bits per heavy atom. The molecule has 0 atom stereocenters. The smallest absolute Gasteiger partial charge is 0.251 e. The van der Waals surface area contributed by atoms with Crippen molar-refractivity contribution in [2.24, 2.45) is 5.73 Å². The second-order valence-corrected chi connectivity index (χ2v) is 2.10. The van der Waals surface area contributed by atoms with Crippen LogP contribution in [0.3, 0.4) is 0 Å². The van der Waals surface area contributed by atoms with E-state index in [0.29, 0.717) is 5.69 Å². The Kier molecular flexibility index (Phi) is 3.87. The van der Waals surface area contributed by atoms with Crippen LogP contribution in [0.4, 0.5) is 10.1 Å². The summed E-state index contributed by atoms with van der Waals surface area (Å²) in [6, 6.07) is 3.68. The standard InChI is InChI=1S/C7H7FN2O.Re/c8-6-2-1-4(9)3-5(6)7(10)11;/h1-3H,9H2,(H2,10,11);. The van der Waals surface area contributed by atoms with Crippen molar-refractivity contribution in [1.82, 2.24) is 0 Å². The van der Waals surface area contributed by atoms with Gasteiger partial charge in [0.25, 0.3) is 5.91 Å². The van der Waals surface area contributed by atoms with E-state index >= 15 is 0 Å². The van der Waals surface area contributed by atoms with Crippen LogP contribution in [0, 0.1) is 5.82 Å². The summed E-state index contributed by atoms with van der Waals surface area (Å²) in [4.78, 5) is 10.5. The van der Waals surface area contributed by atoms with Crippen LogP contribution >= 0.6 is 0 Å². The number of benzene rings is 1. The quantitative estimate of drug-likeness (QED) is 0.731. The molecule has 4 N–H and O–H groups in total. The molecule has 0 aliphatic carbocycles. The van der Waals surface area contributed by atoms with E-state index in [2.05, 4.69) is 0 Å². The van der Waals surface area contributed by atoms with E-state index < -0.39 is 11.7 Å². The van der Waals surface area contributed by atoms with E-state index in [4.69, 9.17) is 11.5 Å². The Hall–Kier alpha value is -0.918. The molecule has 12 heavy (non-hydrogen) atoms. The normalized spacial score (nSPS) is 8.75. The molecule has 1 aromatic rings. The predicted molar refractivity (Wildman–Crippen MR) is 39.3 cm³/mol. The monoisotopic (exact) mass is 341 g/mol. The summed E-state index contributed by atoms with van der Waals surface area (Å²) in [6.45, 7) is 0. The number of hydrogen-bond acceptors (Lipinski definition) is 2. The number of nitrogen functional groups attached to an aromatic ring is 1. The first-order chi connectivity index (χ1) is 5.11. The van der Waals surface area contributed by atoms with Crippen LogP contribution in [-0.2, 0) is 20.4 Å². The summed E-state index contributed by atoms with van der Waals surface area (Å²) in [5, 5.41) is 0. The van der Waals surface area contributed by atoms with Crippen molar-refractivity contribution in [2.45, 2.75) is 0 Å². The van der Waals surface area contributed by atoms with Crippen LogP contribution in [0.25, 0.3) is 0 Å². The number of hydrogen-bond donors (Lipinski definition) is 2. The molecule has 0 aromatic heterocycles. The van der Waals surface area contributed by atoms with E-state index in [1.54, 1.807) is 0 Å². The van der Waals surface area contributed by atoms with Crippen LogP contribution in [0.2, 0.25) is 0 Å². The van der Waals surface area contributed by atoms with Gasteiger partial charge in [-0.25, -0.2) is 4.39 Å². The molecule has 0 aliphatic heterocycles. The number of anilines is 1. The second kappa shape index (κ2) is 4.19. The van der Waals surface area contributed by atoms with Gasteiger partial charge in [0, 0.05) is 26.1 Å². The Morgan fingerprint density at radius 1 is 1.42 bits per heavy atom. The molecular formula is C7H7FN2ORe.